The van der Waals surface area contributed by atoms with E-state index in [-0.39, 0.29) is 18.1 Å². The van der Waals surface area contributed by atoms with E-state index in [4.69, 9.17) is 4.74 Å². The van der Waals surface area contributed by atoms with Gasteiger partial charge in [-0.1, -0.05) is 5.16 Å². The second kappa shape index (κ2) is 8.43. The van der Waals surface area contributed by atoms with Crippen LogP contribution >= 0.6 is 0 Å². The van der Waals surface area contributed by atoms with Gasteiger partial charge in [-0.15, -0.1) is 0 Å². The van der Waals surface area contributed by atoms with Gasteiger partial charge in [-0.3, -0.25) is 9.59 Å². The van der Waals surface area contributed by atoms with Crippen LogP contribution in [0, 0.1) is 17.6 Å². The van der Waals surface area contributed by atoms with Gasteiger partial charge < -0.3 is 14.9 Å². The number of carbonyl (C=O) groups is 2. The highest BCUT2D eigenvalue weighted by Crippen LogP contribution is 2.42. The molecular formula is C20H21F5N2O4. The third-order valence-electron chi connectivity index (χ3n) is 5.20. The lowest BCUT2D eigenvalue weighted by molar-refractivity contribution is -0.259. The summed E-state index contributed by atoms with van der Waals surface area (Å²) in [7, 11) is 0. The van der Waals surface area contributed by atoms with E-state index in [0.717, 1.165) is 12.1 Å². The summed E-state index contributed by atoms with van der Waals surface area (Å²) in [5, 5.41) is 5.60. The van der Waals surface area contributed by atoms with Gasteiger partial charge in [0.05, 0.1) is 24.2 Å². The first-order valence-corrected chi connectivity index (χ1v) is 9.71. The summed E-state index contributed by atoms with van der Waals surface area (Å²) < 4.78 is 73.6. The van der Waals surface area contributed by atoms with Crippen LogP contribution in [0.5, 0.6) is 0 Å². The minimum Gasteiger partial charge on any atom is -0.463 e. The van der Waals surface area contributed by atoms with Gasteiger partial charge in [-0.25, -0.2) is 8.78 Å². The Morgan fingerprint density at radius 2 is 1.84 bits per heavy atom. The smallest absolute Gasteiger partial charge is 0.440 e. The minimum absolute atomic E-state index is 0.133. The highest BCUT2D eigenvalue weighted by atomic mass is 19.4. The van der Waals surface area contributed by atoms with E-state index >= 15 is 0 Å². The number of nitrogens with zero attached hydrogens (tertiary/aromatic N) is 1. The number of nitrogens with one attached hydrogen (secondary N) is 1. The normalized spacial score (nSPS) is 25.9. The Morgan fingerprint density at radius 3 is 2.42 bits per heavy atom. The van der Waals surface area contributed by atoms with E-state index < -0.39 is 59.4 Å². The Morgan fingerprint density at radius 1 is 1.19 bits per heavy atom. The van der Waals surface area contributed by atoms with E-state index in [1.807, 2.05) is 0 Å². The highest BCUT2D eigenvalue weighted by molar-refractivity contribution is 6.05. The first kappa shape index (κ1) is 23.0. The van der Waals surface area contributed by atoms with Gasteiger partial charge in [0.25, 0.3) is 5.91 Å². The quantitative estimate of drug-likeness (QED) is 0.552. The molecule has 1 aromatic carbocycles. The minimum atomic E-state index is -5.15. The average Bonchev–Trinajstić information content (AvgIpc) is 3.27. The Bertz CT molecular complexity index is 882. The van der Waals surface area contributed by atoms with Crippen molar-refractivity contribution in [2.24, 2.45) is 11.1 Å². The number of halogens is 5. The van der Waals surface area contributed by atoms with E-state index in [9.17, 15) is 31.5 Å². The number of carbonyl (C=O) groups excluding carboxylic acids is 2. The first-order chi connectivity index (χ1) is 14.4. The molecule has 0 aromatic heterocycles. The summed E-state index contributed by atoms with van der Waals surface area (Å²) in [4.78, 5) is 29.2. The summed E-state index contributed by atoms with van der Waals surface area (Å²) >= 11 is 0. The molecule has 1 heterocycles. The number of rotatable bonds is 5. The third-order valence-corrected chi connectivity index (χ3v) is 5.20. The van der Waals surface area contributed by atoms with E-state index in [1.54, 1.807) is 13.8 Å². The molecule has 0 radical (unpaired) electrons. The van der Waals surface area contributed by atoms with Crippen molar-refractivity contribution >= 4 is 17.6 Å². The molecule has 1 N–H and O–H groups in total. The lowest BCUT2D eigenvalue weighted by atomic mass is 9.92. The van der Waals surface area contributed by atoms with Gasteiger partial charge in [-0.2, -0.15) is 13.2 Å². The van der Waals surface area contributed by atoms with Crippen molar-refractivity contribution in [2.45, 2.75) is 63.5 Å². The highest BCUT2D eigenvalue weighted by Gasteiger charge is 2.67. The number of alkyl halides is 3. The molecular weight excluding hydrogens is 427 g/mol. The SMILES string of the molecule is CC(C)OC(=O)[C@H]1CCC(NC(=O)[C@@]2(C(F)(F)F)CC(c3cc(F)cc(F)c3)=NO2)C1. The van der Waals surface area contributed by atoms with Gasteiger partial charge in [0.1, 0.15) is 11.6 Å². The zero-order valence-electron chi connectivity index (χ0n) is 16.8. The van der Waals surface area contributed by atoms with Crippen molar-refractivity contribution in [3.05, 3.63) is 35.4 Å². The van der Waals surface area contributed by atoms with Crippen LogP contribution in [0.3, 0.4) is 0 Å². The monoisotopic (exact) mass is 448 g/mol. The molecule has 1 aliphatic carbocycles. The molecule has 1 unspecified atom stereocenters. The van der Waals surface area contributed by atoms with Crippen molar-refractivity contribution in [2.75, 3.05) is 0 Å². The maximum atomic E-state index is 13.9. The summed E-state index contributed by atoms with van der Waals surface area (Å²) in [5.74, 6) is -4.47. The van der Waals surface area contributed by atoms with Crippen LogP contribution in [0.15, 0.2) is 23.4 Å². The van der Waals surface area contributed by atoms with Crippen LogP contribution in [0.4, 0.5) is 22.0 Å². The molecule has 170 valence electrons. The molecule has 1 fully saturated rings. The number of ether oxygens (including phenoxy) is 1. The number of benzene rings is 1. The fourth-order valence-corrected chi connectivity index (χ4v) is 3.67. The molecule has 2 aliphatic rings. The molecule has 3 rings (SSSR count). The predicted molar refractivity (Wildman–Crippen MR) is 97.9 cm³/mol. The van der Waals surface area contributed by atoms with Crippen LogP contribution in [-0.4, -0.2) is 41.5 Å². The largest absolute Gasteiger partial charge is 0.463 e. The van der Waals surface area contributed by atoms with E-state index in [2.05, 4.69) is 15.3 Å². The van der Waals surface area contributed by atoms with Crippen molar-refractivity contribution in [1.29, 1.82) is 0 Å². The Hall–Kier alpha value is -2.72. The fraction of sp³-hybridized carbons (Fsp3) is 0.550. The third kappa shape index (κ3) is 4.80. The first-order valence-electron chi connectivity index (χ1n) is 9.71. The second-order valence-corrected chi connectivity index (χ2v) is 7.95. The van der Waals surface area contributed by atoms with Gasteiger partial charge in [0.2, 0.25) is 0 Å². The van der Waals surface area contributed by atoms with Crippen LogP contribution in [-0.2, 0) is 19.2 Å². The molecule has 0 spiro atoms. The molecule has 31 heavy (non-hydrogen) atoms. The van der Waals surface area contributed by atoms with Gasteiger partial charge in [-0.05, 0) is 45.2 Å². The van der Waals surface area contributed by atoms with Crippen LogP contribution < -0.4 is 5.32 Å². The molecule has 0 saturated heterocycles. The second-order valence-electron chi connectivity index (χ2n) is 7.95. The number of hydrogen-bond donors (Lipinski definition) is 1. The van der Waals surface area contributed by atoms with Gasteiger partial charge >= 0.3 is 17.7 Å². The summed E-state index contributed by atoms with van der Waals surface area (Å²) in [6.45, 7) is 3.36. The van der Waals surface area contributed by atoms with E-state index in [0.29, 0.717) is 18.9 Å². The van der Waals surface area contributed by atoms with Gasteiger partial charge in [0.15, 0.2) is 0 Å². The van der Waals surface area contributed by atoms with Crippen LogP contribution in [0.25, 0.3) is 0 Å². The summed E-state index contributed by atoms with van der Waals surface area (Å²) in [6.07, 6.45) is -5.74. The molecule has 6 nitrogen and oxygen atoms in total. The summed E-state index contributed by atoms with van der Waals surface area (Å²) in [5.41, 5.74) is -3.99. The fourth-order valence-electron chi connectivity index (χ4n) is 3.67. The zero-order chi connectivity index (χ0) is 23.0. The standard InChI is InChI=1S/C20H21F5N2O4/c1-10(2)30-17(28)11-3-4-15(7-11)26-18(29)19(20(23,24)25)9-16(27-31-19)12-5-13(21)8-14(22)6-12/h5-6,8,10-11,15H,3-4,7,9H2,1-2H3,(H,26,29)/t11-,15?,19+/m0/s1. The van der Waals surface area contributed by atoms with E-state index in [1.165, 1.54) is 0 Å². The molecule has 1 amide bonds. The Labute approximate surface area is 174 Å². The maximum absolute atomic E-state index is 13.9. The van der Waals surface area contributed by atoms with Crippen molar-refractivity contribution in [3.8, 4) is 0 Å². The Kier molecular flexibility index (Phi) is 6.24. The molecule has 3 atom stereocenters. The topological polar surface area (TPSA) is 77.0 Å². The molecule has 1 aliphatic heterocycles. The molecule has 1 aromatic rings. The predicted octanol–water partition coefficient (Wildman–Crippen LogP) is 3.63. The van der Waals surface area contributed by atoms with Gasteiger partial charge in [0, 0.05) is 17.7 Å². The lowest BCUT2D eigenvalue weighted by Crippen LogP contribution is -2.58. The number of amides is 1. The molecule has 11 heteroatoms. The Balaban J connectivity index is 1.72. The zero-order valence-corrected chi connectivity index (χ0v) is 16.8. The van der Waals surface area contributed by atoms with Crippen LogP contribution in [0.2, 0.25) is 0 Å². The summed E-state index contributed by atoms with van der Waals surface area (Å²) in [6, 6.07) is 1.48. The van der Waals surface area contributed by atoms with Crippen LogP contribution in [0.1, 0.15) is 45.1 Å². The number of hydrogen-bond acceptors (Lipinski definition) is 5. The maximum Gasteiger partial charge on any atom is 0.440 e. The number of esters is 1. The van der Waals surface area contributed by atoms with Crippen molar-refractivity contribution < 1.29 is 41.1 Å². The molecule has 1 saturated carbocycles. The lowest BCUT2D eigenvalue weighted by Gasteiger charge is -2.29. The van der Waals surface area contributed by atoms with Crippen molar-refractivity contribution in [1.82, 2.24) is 5.32 Å². The number of oxime groups is 1. The average molecular weight is 448 g/mol. The van der Waals surface area contributed by atoms with Crippen molar-refractivity contribution in [3.63, 3.8) is 0 Å². The molecule has 0 bridgehead atoms.